The lowest BCUT2D eigenvalue weighted by Gasteiger charge is -2.14. The van der Waals surface area contributed by atoms with Crippen molar-refractivity contribution in [3.8, 4) is 0 Å². The average molecular weight is 333 g/mol. The SMILES string of the molecule is CNCc1cc(S(=O)(=O)NC(C)CCCC(C)C)c(C)s1. The van der Waals surface area contributed by atoms with Crippen LogP contribution >= 0.6 is 11.3 Å². The van der Waals surface area contributed by atoms with Gasteiger partial charge in [-0.3, -0.25) is 0 Å². The Morgan fingerprint density at radius 3 is 2.48 bits per heavy atom. The predicted molar refractivity (Wildman–Crippen MR) is 90.3 cm³/mol. The molecule has 1 unspecified atom stereocenters. The second-order valence-electron chi connectivity index (χ2n) is 6.01. The highest BCUT2D eigenvalue weighted by Crippen LogP contribution is 2.26. The molecule has 0 fully saturated rings. The van der Waals surface area contributed by atoms with Gasteiger partial charge in [-0.15, -0.1) is 11.3 Å². The molecule has 0 spiro atoms. The third-order valence-corrected chi connectivity index (χ3v) is 6.23. The number of sulfonamides is 1. The zero-order valence-corrected chi connectivity index (χ0v) is 15.3. The topological polar surface area (TPSA) is 58.2 Å². The molecule has 0 aliphatic carbocycles. The van der Waals surface area contributed by atoms with Gasteiger partial charge in [-0.1, -0.05) is 26.7 Å². The molecular weight excluding hydrogens is 304 g/mol. The lowest BCUT2D eigenvalue weighted by Crippen LogP contribution is -2.32. The highest BCUT2D eigenvalue weighted by molar-refractivity contribution is 7.89. The first kappa shape index (κ1) is 18.6. The van der Waals surface area contributed by atoms with Crippen LogP contribution in [0.15, 0.2) is 11.0 Å². The second kappa shape index (κ2) is 8.27. The van der Waals surface area contributed by atoms with Crippen LogP contribution in [0.3, 0.4) is 0 Å². The summed E-state index contributed by atoms with van der Waals surface area (Å²) >= 11 is 1.53. The molecule has 4 nitrogen and oxygen atoms in total. The summed E-state index contributed by atoms with van der Waals surface area (Å²) < 4.78 is 27.7. The zero-order chi connectivity index (χ0) is 16.0. The van der Waals surface area contributed by atoms with Crippen LogP contribution in [0.4, 0.5) is 0 Å². The van der Waals surface area contributed by atoms with Gasteiger partial charge in [-0.2, -0.15) is 0 Å². The van der Waals surface area contributed by atoms with Crippen molar-refractivity contribution in [1.29, 1.82) is 0 Å². The van der Waals surface area contributed by atoms with Gasteiger partial charge in [0.1, 0.15) is 0 Å². The normalized spacial score (nSPS) is 13.8. The van der Waals surface area contributed by atoms with Gasteiger partial charge < -0.3 is 5.32 Å². The molecule has 21 heavy (non-hydrogen) atoms. The largest absolute Gasteiger partial charge is 0.315 e. The maximum atomic E-state index is 12.5. The Bertz CT molecular complexity index is 536. The van der Waals surface area contributed by atoms with Gasteiger partial charge >= 0.3 is 0 Å². The smallest absolute Gasteiger partial charge is 0.241 e. The lowest BCUT2D eigenvalue weighted by atomic mass is 10.0. The summed E-state index contributed by atoms with van der Waals surface area (Å²) in [5.74, 6) is 0.664. The molecule has 1 atom stereocenters. The van der Waals surface area contributed by atoms with Crippen molar-refractivity contribution in [3.63, 3.8) is 0 Å². The first-order chi connectivity index (χ1) is 9.76. The molecule has 0 saturated carbocycles. The molecule has 1 aromatic rings. The second-order valence-corrected chi connectivity index (χ2v) is 9.03. The van der Waals surface area contributed by atoms with E-state index in [0.29, 0.717) is 17.4 Å². The summed E-state index contributed by atoms with van der Waals surface area (Å²) in [5, 5.41) is 3.05. The lowest BCUT2D eigenvalue weighted by molar-refractivity contribution is 0.488. The fraction of sp³-hybridized carbons (Fsp3) is 0.733. The van der Waals surface area contributed by atoms with Crippen LogP contribution in [-0.2, 0) is 16.6 Å². The van der Waals surface area contributed by atoms with Crippen molar-refractivity contribution in [3.05, 3.63) is 15.8 Å². The average Bonchev–Trinajstić information content (AvgIpc) is 2.70. The molecule has 6 heteroatoms. The molecule has 122 valence electrons. The van der Waals surface area contributed by atoms with Gasteiger partial charge in [-0.25, -0.2) is 13.1 Å². The van der Waals surface area contributed by atoms with E-state index < -0.39 is 10.0 Å². The van der Waals surface area contributed by atoms with Crippen LogP contribution in [0.25, 0.3) is 0 Å². The fourth-order valence-corrected chi connectivity index (χ4v) is 5.20. The van der Waals surface area contributed by atoms with E-state index in [9.17, 15) is 8.42 Å². The summed E-state index contributed by atoms with van der Waals surface area (Å²) in [7, 11) is -1.55. The molecule has 0 amide bonds. The quantitative estimate of drug-likeness (QED) is 0.730. The number of rotatable bonds is 9. The fourth-order valence-electron chi connectivity index (χ4n) is 2.27. The molecule has 0 aliphatic heterocycles. The van der Waals surface area contributed by atoms with E-state index >= 15 is 0 Å². The molecule has 1 aromatic heterocycles. The van der Waals surface area contributed by atoms with Crippen LogP contribution in [0.2, 0.25) is 0 Å². The van der Waals surface area contributed by atoms with E-state index in [4.69, 9.17) is 0 Å². The molecule has 0 bridgehead atoms. The minimum absolute atomic E-state index is 0.0270. The Hall–Kier alpha value is -0.430. The first-order valence-electron chi connectivity index (χ1n) is 7.52. The van der Waals surface area contributed by atoms with E-state index in [2.05, 4.69) is 23.9 Å². The van der Waals surface area contributed by atoms with Gasteiger partial charge in [-0.05, 0) is 39.3 Å². The van der Waals surface area contributed by atoms with E-state index in [1.165, 1.54) is 11.3 Å². The third-order valence-electron chi connectivity index (χ3n) is 3.34. The minimum Gasteiger partial charge on any atom is -0.315 e. The summed E-state index contributed by atoms with van der Waals surface area (Å²) in [5.41, 5.74) is 0. The van der Waals surface area contributed by atoms with Crippen LogP contribution < -0.4 is 10.0 Å². The maximum Gasteiger partial charge on any atom is 0.241 e. The van der Waals surface area contributed by atoms with Crippen molar-refractivity contribution in [1.82, 2.24) is 10.0 Å². The maximum absolute atomic E-state index is 12.5. The number of nitrogens with one attached hydrogen (secondary N) is 2. The molecule has 1 rings (SSSR count). The first-order valence-corrected chi connectivity index (χ1v) is 9.82. The number of aryl methyl sites for hydroxylation is 1. The molecule has 0 saturated heterocycles. The number of hydrogen-bond donors (Lipinski definition) is 2. The Morgan fingerprint density at radius 1 is 1.24 bits per heavy atom. The molecule has 0 aliphatic rings. The van der Waals surface area contributed by atoms with Crippen LogP contribution in [0.5, 0.6) is 0 Å². The van der Waals surface area contributed by atoms with Gasteiger partial charge in [0.25, 0.3) is 0 Å². The van der Waals surface area contributed by atoms with Gasteiger partial charge in [0.05, 0.1) is 4.90 Å². The van der Waals surface area contributed by atoms with Gasteiger partial charge in [0, 0.05) is 22.3 Å². The van der Waals surface area contributed by atoms with Gasteiger partial charge in [0.15, 0.2) is 0 Å². The van der Waals surface area contributed by atoms with E-state index in [1.807, 2.05) is 20.9 Å². The van der Waals surface area contributed by atoms with E-state index in [-0.39, 0.29) is 6.04 Å². The van der Waals surface area contributed by atoms with Crippen molar-refractivity contribution in [2.45, 2.75) is 64.4 Å². The highest BCUT2D eigenvalue weighted by Gasteiger charge is 2.21. The highest BCUT2D eigenvalue weighted by atomic mass is 32.2. The summed E-state index contributed by atoms with van der Waals surface area (Å²) in [6.45, 7) is 8.88. The third kappa shape index (κ3) is 6.06. The van der Waals surface area contributed by atoms with Crippen molar-refractivity contribution >= 4 is 21.4 Å². The van der Waals surface area contributed by atoms with E-state index in [1.54, 1.807) is 6.07 Å². The molecule has 0 radical (unpaired) electrons. The number of thiophene rings is 1. The molecule has 1 heterocycles. The molecule has 0 aromatic carbocycles. The molecule has 2 N–H and O–H groups in total. The Balaban J connectivity index is 2.68. The Morgan fingerprint density at radius 2 is 1.90 bits per heavy atom. The summed E-state index contributed by atoms with van der Waals surface area (Å²) in [4.78, 5) is 2.32. The summed E-state index contributed by atoms with van der Waals surface area (Å²) in [6, 6.07) is 1.75. The van der Waals surface area contributed by atoms with Crippen LogP contribution in [0.1, 0.15) is 49.8 Å². The van der Waals surface area contributed by atoms with Crippen molar-refractivity contribution < 1.29 is 8.42 Å². The van der Waals surface area contributed by atoms with Crippen molar-refractivity contribution in [2.75, 3.05) is 7.05 Å². The standard InChI is InChI=1S/C15H28N2O2S2/c1-11(2)7-6-8-12(3)17-21(18,19)15-9-14(10-16-5)20-13(15)4/h9,11-12,16-17H,6-8,10H2,1-5H3. The number of hydrogen-bond acceptors (Lipinski definition) is 4. The van der Waals surface area contributed by atoms with Gasteiger partial charge in [0.2, 0.25) is 10.0 Å². The Labute approximate surface area is 133 Å². The minimum atomic E-state index is -3.41. The van der Waals surface area contributed by atoms with Crippen molar-refractivity contribution in [2.24, 2.45) is 5.92 Å². The van der Waals surface area contributed by atoms with E-state index in [0.717, 1.165) is 29.0 Å². The molecular formula is C15H28N2O2S2. The Kier molecular flexibility index (Phi) is 7.33. The van der Waals surface area contributed by atoms with Crippen LogP contribution in [-0.4, -0.2) is 21.5 Å². The predicted octanol–water partition coefficient (Wildman–Crippen LogP) is 3.27. The monoisotopic (exact) mass is 332 g/mol. The zero-order valence-electron chi connectivity index (χ0n) is 13.7. The van der Waals surface area contributed by atoms with Crippen LogP contribution in [0, 0.1) is 12.8 Å². The summed E-state index contributed by atoms with van der Waals surface area (Å²) in [6.07, 6.45) is 3.06.